The van der Waals surface area contributed by atoms with E-state index in [0.717, 1.165) is 86.7 Å². The van der Waals surface area contributed by atoms with Crippen LogP contribution in [0.3, 0.4) is 0 Å². The molecule has 1 aromatic rings. The Morgan fingerprint density at radius 1 is 1.24 bits per heavy atom. The van der Waals surface area contributed by atoms with E-state index in [1.54, 1.807) is 0 Å². The molecule has 1 aromatic carbocycles. The summed E-state index contributed by atoms with van der Waals surface area (Å²) in [7, 11) is 1.00. The molecule has 7 nitrogen and oxygen atoms in total. The first-order chi connectivity index (χ1) is 17.9. The molecule has 1 atom stereocenters. The molecule has 2 saturated heterocycles. The molecule has 3 rings (SSSR count). The van der Waals surface area contributed by atoms with E-state index in [9.17, 15) is 4.79 Å². The van der Waals surface area contributed by atoms with E-state index in [0.29, 0.717) is 6.61 Å². The molecule has 3 N–H and O–H groups in total. The number of benzene rings is 1. The highest BCUT2D eigenvalue weighted by molar-refractivity contribution is 5.97. The lowest BCUT2D eigenvalue weighted by Gasteiger charge is -2.33. The normalized spacial score (nSPS) is 18.5. The Kier molecular flexibility index (Phi) is 13.4. The number of hydrogen-bond donors (Lipinski definition) is 3. The Morgan fingerprint density at radius 3 is 2.49 bits per heavy atom. The lowest BCUT2D eigenvalue weighted by atomic mass is 9.92. The third-order valence-corrected chi connectivity index (χ3v) is 7.29. The molecule has 2 aliphatic heterocycles. The number of carbonyl (C=O) groups is 1. The first-order valence-corrected chi connectivity index (χ1v) is 13.7. The van der Waals surface area contributed by atoms with Crippen molar-refractivity contribution in [3.63, 3.8) is 0 Å². The summed E-state index contributed by atoms with van der Waals surface area (Å²) in [5, 5.41) is 13.4. The summed E-state index contributed by atoms with van der Waals surface area (Å²) in [4.78, 5) is 19.6. The van der Waals surface area contributed by atoms with Crippen molar-refractivity contribution in [2.75, 3.05) is 39.9 Å². The van der Waals surface area contributed by atoms with Gasteiger partial charge in [-0.05, 0) is 101 Å². The average Bonchev–Trinajstić information content (AvgIpc) is 3.41. The smallest absolute Gasteiger partial charge is 0.252 e. The number of aliphatic hydroxyl groups excluding tert-OH is 1. The number of nitrogens with one attached hydrogen (secondary N) is 2. The van der Waals surface area contributed by atoms with Crippen molar-refractivity contribution in [2.24, 2.45) is 10.9 Å². The van der Waals surface area contributed by atoms with Gasteiger partial charge in [0.2, 0.25) is 0 Å². The third-order valence-electron chi connectivity index (χ3n) is 7.29. The van der Waals surface area contributed by atoms with Gasteiger partial charge in [-0.1, -0.05) is 19.6 Å². The molecule has 2 aliphatic rings. The van der Waals surface area contributed by atoms with Crippen LogP contribution in [-0.4, -0.2) is 68.1 Å². The molecule has 0 aliphatic carbocycles. The lowest BCUT2D eigenvalue weighted by molar-refractivity contribution is 0.0938. The van der Waals surface area contributed by atoms with Crippen LogP contribution in [0.25, 0.3) is 0 Å². The molecule has 0 aromatic heterocycles. The van der Waals surface area contributed by atoms with Crippen molar-refractivity contribution in [1.29, 1.82) is 0 Å². The van der Waals surface area contributed by atoms with Gasteiger partial charge in [0, 0.05) is 44.6 Å². The van der Waals surface area contributed by atoms with E-state index < -0.39 is 0 Å². The predicted molar refractivity (Wildman–Crippen MR) is 154 cm³/mol. The average molecular weight is 513 g/mol. The Morgan fingerprint density at radius 2 is 1.92 bits per heavy atom. The van der Waals surface area contributed by atoms with Gasteiger partial charge in [0.1, 0.15) is 11.6 Å². The molecular formula is C30H48N4O3. The van der Waals surface area contributed by atoms with E-state index >= 15 is 0 Å². The molecule has 0 radical (unpaired) electrons. The largest absolute Gasteiger partial charge is 0.494 e. The second-order valence-electron chi connectivity index (χ2n) is 9.91. The van der Waals surface area contributed by atoms with Crippen molar-refractivity contribution < 1.29 is 14.6 Å². The van der Waals surface area contributed by atoms with Crippen LogP contribution in [0.15, 0.2) is 41.2 Å². The van der Waals surface area contributed by atoms with Crippen LogP contribution in [0, 0.1) is 19.8 Å². The van der Waals surface area contributed by atoms with Crippen LogP contribution in [0.5, 0.6) is 5.75 Å². The van der Waals surface area contributed by atoms with Crippen molar-refractivity contribution in [2.45, 2.75) is 72.3 Å². The number of nitrogens with zero attached hydrogens (tertiary/aromatic N) is 2. The zero-order chi connectivity index (χ0) is 27.2. The van der Waals surface area contributed by atoms with Crippen molar-refractivity contribution in [3.05, 3.63) is 52.9 Å². The van der Waals surface area contributed by atoms with Crippen molar-refractivity contribution >= 4 is 12.1 Å². The molecule has 1 unspecified atom stereocenters. The second-order valence-corrected chi connectivity index (χ2v) is 9.91. The molecule has 7 heteroatoms. The van der Waals surface area contributed by atoms with Crippen LogP contribution in [-0.2, 0) is 0 Å². The fraction of sp³-hybridized carbons (Fsp3) is 0.600. The maximum absolute atomic E-state index is 12.7. The Balaban J connectivity index is 0.00000235. The molecule has 0 bridgehead atoms. The minimum Gasteiger partial charge on any atom is -0.494 e. The standard InChI is InChI=1S/C29H44N4O2.CH4O/c1-6-24(7-2)19-31-23(5)33-14-11-25(12-15-33)9-8-16-35-27-17-21(3)28(22(4)18-27)29(34)32-26-10-13-30-20-26;1-2/h6,17-19,25-26,30H,5,7-16,20H2,1-4H3,(H,32,34);2H,1H3/b24-6-,31-19-;. The third kappa shape index (κ3) is 9.63. The second kappa shape index (κ2) is 16.3. The van der Waals surface area contributed by atoms with Gasteiger partial charge >= 0.3 is 0 Å². The summed E-state index contributed by atoms with van der Waals surface area (Å²) < 4.78 is 6.07. The van der Waals surface area contributed by atoms with Gasteiger partial charge in [0.05, 0.1) is 6.61 Å². The molecule has 2 fully saturated rings. The first-order valence-electron chi connectivity index (χ1n) is 13.7. The number of allylic oxidation sites excluding steroid dienone is 2. The minimum atomic E-state index is 0.0209. The summed E-state index contributed by atoms with van der Waals surface area (Å²) in [6.45, 7) is 16.9. The lowest BCUT2D eigenvalue weighted by Crippen LogP contribution is -2.36. The Labute approximate surface area is 224 Å². The molecule has 2 heterocycles. The minimum absolute atomic E-state index is 0.0209. The number of hydrogen-bond acceptors (Lipinski definition) is 6. The van der Waals surface area contributed by atoms with Gasteiger partial charge < -0.3 is 25.4 Å². The monoisotopic (exact) mass is 512 g/mol. The van der Waals surface area contributed by atoms with E-state index in [1.807, 2.05) is 32.2 Å². The highest BCUT2D eigenvalue weighted by Crippen LogP contribution is 2.26. The van der Waals surface area contributed by atoms with Crippen molar-refractivity contribution in [3.8, 4) is 5.75 Å². The van der Waals surface area contributed by atoms with Gasteiger partial charge in [-0.3, -0.25) is 4.79 Å². The number of likely N-dealkylation sites (tertiary alicyclic amines) is 1. The van der Waals surface area contributed by atoms with Gasteiger partial charge in [-0.25, -0.2) is 4.99 Å². The Bertz CT molecular complexity index is 904. The number of piperidine rings is 1. The molecule has 206 valence electrons. The number of aliphatic imine (C=N–C) groups is 1. The fourth-order valence-corrected chi connectivity index (χ4v) is 5.05. The summed E-state index contributed by atoms with van der Waals surface area (Å²) in [6.07, 6.45) is 10.6. The van der Waals surface area contributed by atoms with Crippen molar-refractivity contribution in [1.82, 2.24) is 15.5 Å². The van der Waals surface area contributed by atoms with E-state index in [2.05, 4.69) is 47.0 Å². The van der Waals surface area contributed by atoms with Crippen LogP contribution in [0.2, 0.25) is 0 Å². The van der Waals surface area contributed by atoms with Gasteiger partial charge in [-0.15, -0.1) is 0 Å². The SMILES string of the molecule is C=C(/N=C\C(=C/C)CC)N1CCC(CCCOc2cc(C)c(C(=O)NC3CCNC3)c(C)c2)CC1.CO. The quantitative estimate of drug-likeness (QED) is 0.294. The van der Waals surface area contributed by atoms with Crippen LogP contribution < -0.4 is 15.4 Å². The number of aliphatic hydroxyl groups is 1. The number of carbonyl (C=O) groups excluding carboxylic acids is 1. The fourth-order valence-electron chi connectivity index (χ4n) is 5.05. The number of amides is 1. The zero-order valence-corrected chi connectivity index (χ0v) is 23.6. The van der Waals surface area contributed by atoms with E-state index in [1.165, 1.54) is 24.8 Å². The van der Waals surface area contributed by atoms with Crippen LogP contribution in [0.4, 0.5) is 0 Å². The zero-order valence-electron chi connectivity index (χ0n) is 23.6. The molecule has 0 spiro atoms. The first kappa shape index (κ1) is 30.6. The molecular weight excluding hydrogens is 464 g/mol. The van der Waals surface area contributed by atoms with Gasteiger partial charge in [0.15, 0.2) is 0 Å². The molecule has 37 heavy (non-hydrogen) atoms. The summed E-state index contributed by atoms with van der Waals surface area (Å²) in [5.41, 5.74) is 3.96. The van der Waals surface area contributed by atoms with E-state index in [4.69, 9.17) is 9.84 Å². The van der Waals surface area contributed by atoms with Crippen LogP contribution >= 0.6 is 0 Å². The highest BCUT2D eigenvalue weighted by Gasteiger charge is 2.21. The Hall–Kier alpha value is -2.64. The van der Waals surface area contributed by atoms with Crippen LogP contribution in [0.1, 0.15) is 73.9 Å². The molecule has 1 amide bonds. The number of aryl methyl sites for hydroxylation is 2. The summed E-state index contributed by atoms with van der Waals surface area (Å²) in [6, 6.07) is 4.22. The summed E-state index contributed by atoms with van der Waals surface area (Å²) >= 11 is 0. The highest BCUT2D eigenvalue weighted by atomic mass is 16.5. The predicted octanol–water partition coefficient (Wildman–Crippen LogP) is 4.77. The topological polar surface area (TPSA) is 86.2 Å². The van der Waals surface area contributed by atoms with Gasteiger partial charge in [-0.2, -0.15) is 0 Å². The van der Waals surface area contributed by atoms with Gasteiger partial charge in [0.25, 0.3) is 5.91 Å². The number of rotatable bonds is 11. The maximum Gasteiger partial charge on any atom is 0.252 e. The summed E-state index contributed by atoms with van der Waals surface area (Å²) in [5.74, 6) is 2.48. The maximum atomic E-state index is 12.7. The molecule has 0 saturated carbocycles. The number of ether oxygens (including phenoxy) is 1. The van der Waals surface area contributed by atoms with E-state index in [-0.39, 0.29) is 11.9 Å².